The van der Waals surface area contributed by atoms with Crippen LogP contribution in [-0.2, 0) is 6.54 Å². The molecule has 1 aliphatic carbocycles. The third-order valence-electron chi connectivity index (χ3n) is 7.78. The predicted octanol–water partition coefficient (Wildman–Crippen LogP) is 6.17. The van der Waals surface area contributed by atoms with Crippen molar-refractivity contribution < 1.29 is 4.74 Å². The second kappa shape index (κ2) is 7.94. The van der Waals surface area contributed by atoms with E-state index in [2.05, 4.69) is 116 Å². The second-order valence-electron chi connectivity index (χ2n) is 10.1. The highest BCUT2D eigenvalue weighted by molar-refractivity contribution is 5.90. The Morgan fingerprint density at radius 3 is 2.22 bits per heavy atom. The summed E-state index contributed by atoms with van der Waals surface area (Å²) >= 11 is 0. The number of hydrogen-bond donors (Lipinski definition) is 1. The minimum atomic E-state index is -0.312. The van der Waals surface area contributed by atoms with Crippen molar-refractivity contribution in [3.63, 3.8) is 0 Å². The van der Waals surface area contributed by atoms with Crippen molar-refractivity contribution in [3.8, 4) is 28.0 Å². The third kappa shape index (κ3) is 3.22. The molecule has 2 N–H and O–H groups in total. The highest BCUT2D eigenvalue weighted by Gasteiger charge is 2.41. The van der Waals surface area contributed by atoms with Crippen LogP contribution in [-0.4, -0.2) is 5.60 Å². The van der Waals surface area contributed by atoms with Crippen molar-refractivity contribution in [1.29, 1.82) is 0 Å². The zero-order valence-electron chi connectivity index (χ0n) is 20.3. The van der Waals surface area contributed by atoms with Gasteiger partial charge >= 0.3 is 0 Å². The van der Waals surface area contributed by atoms with E-state index in [0.29, 0.717) is 6.54 Å². The first-order valence-electron chi connectivity index (χ1n) is 12.6. The SMILES string of the molecule is CC12CC=c3ccccc3=C1c1ccc(-c3ccc(-c4cc5ccccc5cc4CN)cc3)cc1O2. The van der Waals surface area contributed by atoms with Gasteiger partial charge in [-0.05, 0) is 74.1 Å². The number of nitrogens with two attached hydrogens (primary N) is 1. The zero-order chi connectivity index (χ0) is 24.3. The second-order valence-corrected chi connectivity index (χ2v) is 10.1. The molecule has 0 fully saturated rings. The van der Waals surface area contributed by atoms with Gasteiger partial charge in [0.25, 0.3) is 0 Å². The van der Waals surface area contributed by atoms with Gasteiger partial charge in [-0.3, -0.25) is 0 Å². The van der Waals surface area contributed by atoms with E-state index in [4.69, 9.17) is 10.5 Å². The van der Waals surface area contributed by atoms with Gasteiger partial charge in [-0.15, -0.1) is 0 Å². The maximum absolute atomic E-state index is 6.60. The molecule has 2 aliphatic rings. The lowest BCUT2D eigenvalue weighted by molar-refractivity contribution is 0.173. The van der Waals surface area contributed by atoms with Crippen molar-refractivity contribution >= 4 is 22.4 Å². The summed E-state index contributed by atoms with van der Waals surface area (Å²) in [4.78, 5) is 0. The molecule has 0 bridgehead atoms. The van der Waals surface area contributed by atoms with Gasteiger partial charge in [0, 0.05) is 24.1 Å². The van der Waals surface area contributed by atoms with E-state index in [0.717, 1.165) is 23.3 Å². The maximum atomic E-state index is 6.60. The molecule has 5 aromatic carbocycles. The van der Waals surface area contributed by atoms with Crippen molar-refractivity contribution in [2.45, 2.75) is 25.5 Å². The summed E-state index contributed by atoms with van der Waals surface area (Å²) in [6.07, 6.45) is 3.18. The first-order chi connectivity index (χ1) is 17.6. The Balaban J connectivity index is 1.28. The molecule has 0 radical (unpaired) electrons. The normalized spacial score (nSPS) is 17.7. The van der Waals surface area contributed by atoms with Gasteiger partial charge in [0.05, 0.1) is 0 Å². The van der Waals surface area contributed by atoms with Gasteiger partial charge in [0.1, 0.15) is 11.4 Å². The van der Waals surface area contributed by atoms with Crippen LogP contribution in [0.25, 0.3) is 44.7 Å². The first kappa shape index (κ1) is 21.2. The number of benzene rings is 5. The molecule has 0 saturated carbocycles. The molecule has 174 valence electrons. The average Bonchev–Trinajstić information content (AvgIpc) is 3.24. The van der Waals surface area contributed by atoms with Gasteiger partial charge in [-0.25, -0.2) is 0 Å². The Kier molecular flexibility index (Phi) is 4.67. The van der Waals surface area contributed by atoms with Crippen molar-refractivity contribution in [1.82, 2.24) is 0 Å². The van der Waals surface area contributed by atoms with Crippen molar-refractivity contribution in [3.05, 3.63) is 125 Å². The fraction of sp³-hybridized carbons (Fsp3) is 0.118. The van der Waals surface area contributed by atoms with Gasteiger partial charge in [-0.2, -0.15) is 0 Å². The summed E-state index contributed by atoms with van der Waals surface area (Å²) in [5, 5.41) is 5.04. The molecule has 1 unspecified atom stereocenters. The summed E-state index contributed by atoms with van der Waals surface area (Å²) in [5.41, 5.74) is 14.2. The Labute approximate surface area is 211 Å². The molecule has 1 heterocycles. The van der Waals surface area contributed by atoms with Gasteiger partial charge in [-0.1, -0.05) is 91.0 Å². The Morgan fingerprint density at radius 2 is 1.42 bits per heavy atom. The third-order valence-corrected chi connectivity index (χ3v) is 7.78. The van der Waals surface area contributed by atoms with Gasteiger partial charge in [0.2, 0.25) is 0 Å². The molecule has 5 aromatic rings. The highest BCUT2D eigenvalue weighted by Crippen LogP contribution is 2.46. The smallest absolute Gasteiger partial charge is 0.136 e. The standard InChI is InChI=1S/C34H27NO/c1-34-17-16-23-6-4-5-9-29(23)33(34)30-15-14-27(20-32(30)36-34)22-10-12-24(13-11-22)31-19-26-8-3-2-7-25(26)18-28(31)21-35/h2-16,18-20H,17,21,35H2,1H3. The molecule has 0 aromatic heterocycles. The van der Waals surface area contributed by atoms with Crippen LogP contribution in [0.15, 0.2) is 103 Å². The van der Waals surface area contributed by atoms with Crippen LogP contribution in [0.4, 0.5) is 0 Å². The van der Waals surface area contributed by atoms with Gasteiger partial charge in [0.15, 0.2) is 0 Å². The van der Waals surface area contributed by atoms with Crippen LogP contribution >= 0.6 is 0 Å². The number of hydrogen-bond acceptors (Lipinski definition) is 2. The summed E-state index contributed by atoms with van der Waals surface area (Å²) in [6, 6.07) is 37.0. The van der Waals surface area contributed by atoms with Crippen molar-refractivity contribution in [2.75, 3.05) is 0 Å². The van der Waals surface area contributed by atoms with E-state index in [1.807, 2.05) is 0 Å². The minimum Gasteiger partial charge on any atom is -0.482 e. The zero-order valence-corrected chi connectivity index (χ0v) is 20.3. The Hall–Kier alpha value is -4.14. The molecule has 1 aliphatic heterocycles. The van der Waals surface area contributed by atoms with E-state index in [9.17, 15) is 0 Å². The Morgan fingerprint density at radius 1 is 0.722 bits per heavy atom. The monoisotopic (exact) mass is 465 g/mol. The van der Waals surface area contributed by atoms with Crippen LogP contribution in [0.1, 0.15) is 24.5 Å². The van der Waals surface area contributed by atoms with E-state index in [-0.39, 0.29) is 5.60 Å². The van der Waals surface area contributed by atoms with E-state index >= 15 is 0 Å². The maximum Gasteiger partial charge on any atom is 0.136 e. The lowest BCUT2D eigenvalue weighted by atomic mass is 9.83. The van der Waals surface area contributed by atoms with Crippen LogP contribution < -0.4 is 20.9 Å². The van der Waals surface area contributed by atoms with Gasteiger partial charge < -0.3 is 10.5 Å². The molecule has 36 heavy (non-hydrogen) atoms. The number of ether oxygens (including phenoxy) is 1. The summed E-state index contributed by atoms with van der Waals surface area (Å²) in [7, 11) is 0. The first-order valence-corrected chi connectivity index (χ1v) is 12.6. The van der Waals surface area contributed by atoms with Crippen molar-refractivity contribution in [2.24, 2.45) is 5.73 Å². The fourth-order valence-corrected chi connectivity index (χ4v) is 5.92. The summed E-state index contributed by atoms with van der Waals surface area (Å²) in [6.45, 7) is 2.73. The predicted molar refractivity (Wildman–Crippen MR) is 149 cm³/mol. The summed E-state index contributed by atoms with van der Waals surface area (Å²) < 4.78 is 6.60. The molecular formula is C34H27NO. The topological polar surface area (TPSA) is 35.2 Å². The molecule has 0 spiro atoms. The molecule has 2 nitrogen and oxygen atoms in total. The summed E-state index contributed by atoms with van der Waals surface area (Å²) in [5.74, 6) is 0.971. The van der Waals surface area contributed by atoms with E-state index < -0.39 is 0 Å². The largest absolute Gasteiger partial charge is 0.482 e. The number of fused-ring (bicyclic) bond motifs is 5. The lowest BCUT2D eigenvalue weighted by Gasteiger charge is -2.27. The van der Waals surface area contributed by atoms with Crippen LogP contribution in [0.5, 0.6) is 5.75 Å². The fourth-order valence-electron chi connectivity index (χ4n) is 5.92. The molecule has 2 heteroatoms. The van der Waals surface area contributed by atoms with E-state index in [1.165, 1.54) is 49.0 Å². The minimum absolute atomic E-state index is 0.312. The average molecular weight is 466 g/mol. The highest BCUT2D eigenvalue weighted by atomic mass is 16.5. The van der Waals surface area contributed by atoms with E-state index in [1.54, 1.807) is 0 Å². The van der Waals surface area contributed by atoms with Crippen LogP contribution in [0, 0.1) is 0 Å². The molecule has 0 amide bonds. The van der Waals surface area contributed by atoms with Crippen LogP contribution in [0.3, 0.4) is 0 Å². The number of rotatable bonds is 3. The molecule has 7 rings (SSSR count). The molecule has 1 atom stereocenters. The van der Waals surface area contributed by atoms with Crippen LogP contribution in [0.2, 0.25) is 0 Å². The molecular weight excluding hydrogens is 438 g/mol. The lowest BCUT2D eigenvalue weighted by Crippen LogP contribution is -2.41. The Bertz CT molecular complexity index is 1780. The quantitative estimate of drug-likeness (QED) is 0.346. The molecule has 0 saturated heterocycles.